The van der Waals surface area contributed by atoms with Gasteiger partial charge in [-0.05, 0) is 36.6 Å². The molecule has 1 aliphatic heterocycles. The molecule has 0 radical (unpaired) electrons. The molecule has 0 unspecified atom stereocenters. The van der Waals surface area contributed by atoms with E-state index in [-0.39, 0.29) is 5.56 Å². The molecule has 0 atom stereocenters. The van der Waals surface area contributed by atoms with Crippen molar-refractivity contribution in [3.63, 3.8) is 0 Å². The van der Waals surface area contributed by atoms with Gasteiger partial charge in [-0.25, -0.2) is 8.42 Å². The van der Waals surface area contributed by atoms with Gasteiger partial charge < -0.3 is 4.98 Å². The number of hydrogen-bond acceptors (Lipinski definition) is 3. The Kier molecular flexibility index (Phi) is 3.65. The first-order valence-corrected chi connectivity index (χ1v) is 8.31. The molecule has 2 aromatic rings. The molecule has 1 aromatic carbocycles. The zero-order valence-corrected chi connectivity index (χ0v) is 12.3. The Morgan fingerprint density at radius 2 is 1.62 bits per heavy atom. The van der Waals surface area contributed by atoms with Crippen LogP contribution in [0.2, 0.25) is 0 Å². The molecule has 3 rings (SSSR count). The molecule has 0 aliphatic carbocycles. The van der Waals surface area contributed by atoms with Crippen LogP contribution in [0.3, 0.4) is 0 Å². The number of nitrogens with one attached hydrogen (secondary N) is 1. The van der Waals surface area contributed by atoms with E-state index in [1.807, 2.05) is 0 Å². The van der Waals surface area contributed by atoms with Crippen molar-refractivity contribution in [2.24, 2.45) is 0 Å². The average Bonchev–Trinajstić information content (AvgIpc) is 3.02. The molecule has 1 aromatic heterocycles. The van der Waals surface area contributed by atoms with Gasteiger partial charge in [0.25, 0.3) is 0 Å². The number of hydrogen-bond donors (Lipinski definition) is 1. The third-order valence-corrected chi connectivity index (χ3v) is 5.55. The third kappa shape index (κ3) is 2.77. The van der Waals surface area contributed by atoms with Crippen LogP contribution in [-0.4, -0.2) is 30.8 Å². The van der Waals surface area contributed by atoms with E-state index in [9.17, 15) is 13.2 Å². The number of rotatable bonds is 3. The fraction of sp³-hybridized carbons (Fsp3) is 0.267. The maximum absolute atomic E-state index is 12.4. The third-order valence-electron chi connectivity index (χ3n) is 3.64. The molecule has 5 nitrogen and oxygen atoms in total. The second kappa shape index (κ2) is 5.46. The van der Waals surface area contributed by atoms with Crippen LogP contribution < -0.4 is 5.56 Å². The molecule has 0 bridgehead atoms. The van der Waals surface area contributed by atoms with Crippen molar-refractivity contribution in [3.05, 3.63) is 52.8 Å². The van der Waals surface area contributed by atoms with Gasteiger partial charge in [0.1, 0.15) is 0 Å². The molecule has 0 saturated carbocycles. The molecule has 0 spiro atoms. The lowest BCUT2D eigenvalue weighted by Crippen LogP contribution is -2.27. The Hall–Kier alpha value is -1.92. The SMILES string of the molecule is O=c1cccc(-c2ccc(S(=O)(=O)N3CCCC3)cc2)[nH]1. The van der Waals surface area contributed by atoms with Crippen LogP contribution in [-0.2, 0) is 10.0 Å². The van der Waals surface area contributed by atoms with Crippen molar-refractivity contribution in [3.8, 4) is 11.3 Å². The number of aromatic nitrogens is 1. The van der Waals surface area contributed by atoms with E-state index < -0.39 is 10.0 Å². The fourth-order valence-corrected chi connectivity index (χ4v) is 4.02. The predicted octanol–water partition coefficient (Wildman–Crippen LogP) is 1.83. The quantitative estimate of drug-likeness (QED) is 0.940. The van der Waals surface area contributed by atoms with Gasteiger partial charge in [0.15, 0.2) is 0 Å². The normalized spacial score (nSPS) is 16.2. The Morgan fingerprint density at radius 3 is 2.24 bits per heavy atom. The summed E-state index contributed by atoms with van der Waals surface area (Å²) >= 11 is 0. The van der Waals surface area contributed by atoms with Crippen LogP contribution in [0, 0.1) is 0 Å². The number of nitrogens with zero attached hydrogens (tertiary/aromatic N) is 1. The smallest absolute Gasteiger partial charge is 0.248 e. The van der Waals surface area contributed by atoms with Gasteiger partial charge in [0, 0.05) is 24.8 Å². The Labute approximate surface area is 123 Å². The summed E-state index contributed by atoms with van der Waals surface area (Å²) in [6.45, 7) is 1.19. The van der Waals surface area contributed by atoms with Crippen LogP contribution >= 0.6 is 0 Å². The van der Waals surface area contributed by atoms with Gasteiger partial charge in [-0.1, -0.05) is 18.2 Å². The molecular formula is C15H16N2O3S. The van der Waals surface area contributed by atoms with Crippen LogP contribution in [0.25, 0.3) is 11.3 Å². The van der Waals surface area contributed by atoms with E-state index >= 15 is 0 Å². The summed E-state index contributed by atoms with van der Waals surface area (Å²) in [6.07, 6.45) is 1.84. The zero-order chi connectivity index (χ0) is 14.9. The van der Waals surface area contributed by atoms with Gasteiger partial charge in [-0.3, -0.25) is 4.79 Å². The second-order valence-electron chi connectivity index (χ2n) is 5.06. The first-order chi connectivity index (χ1) is 10.1. The molecule has 0 amide bonds. The first kappa shape index (κ1) is 14.0. The molecule has 1 fully saturated rings. The van der Waals surface area contributed by atoms with E-state index in [2.05, 4.69) is 4.98 Å². The van der Waals surface area contributed by atoms with E-state index in [1.54, 1.807) is 36.4 Å². The highest BCUT2D eigenvalue weighted by Crippen LogP contribution is 2.23. The van der Waals surface area contributed by atoms with Crippen molar-refractivity contribution in [1.82, 2.24) is 9.29 Å². The van der Waals surface area contributed by atoms with Crippen LogP contribution in [0.4, 0.5) is 0 Å². The fourth-order valence-electron chi connectivity index (χ4n) is 2.50. The summed E-state index contributed by atoms with van der Waals surface area (Å²) < 4.78 is 26.3. The second-order valence-corrected chi connectivity index (χ2v) is 7.00. The van der Waals surface area contributed by atoms with E-state index in [0.29, 0.717) is 23.7 Å². The summed E-state index contributed by atoms with van der Waals surface area (Å²) in [5.41, 5.74) is 1.28. The summed E-state index contributed by atoms with van der Waals surface area (Å²) in [4.78, 5) is 14.3. The Bertz CT molecular complexity index is 788. The molecule has 1 aliphatic rings. The molecular weight excluding hydrogens is 288 g/mol. The highest BCUT2D eigenvalue weighted by Gasteiger charge is 2.26. The van der Waals surface area contributed by atoms with Crippen molar-refractivity contribution >= 4 is 10.0 Å². The average molecular weight is 304 g/mol. The number of aromatic amines is 1. The topological polar surface area (TPSA) is 70.2 Å². The minimum atomic E-state index is -3.38. The predicted molar refractivity (Wildman–Crippen MR) is 80.5 cm³/mol. The lowest BCUT2D eigenvalue weighted by molar-refractivity contribution is 0.477. The summed E-state index contributed by atoms with van der Waals surface area (Å²) in [5.74, 6) is 0. The molecule has 2 heterocycles. The summed E-state index contributed by atoms with van der Waals surface area (Å²) in [5, 5.41) is 0. The maximum Gasteiger partial charge on any atom is 0.248 e. The van der Waals surface area contributed by atoms with Gasteiger partial charge in [-0.2, -0.15) is 4.31 Å². The van der Waals surface area contributed by atoms with Gasteiger partial charge in [0.2, 0.25) is 15.6 Å². The highest BCUT2D eigenvalue weighted by atomic mass is 32.2. The summed E-state index contributed by atoms with van der Waals surface area (Å²) in [7, 11) is -3.38. The molecule has 110 valence electrons. The Balaban J connectivity index is 1.92. The maximum atomic E-state index is 12.4. The van der Waals surface area contributed by atoms with Crippen LogP contribution in [0.15, 0.2) is 52.2 Å². The molecule has 1 N–H and O–H groups in total. The number of H-pyrrole nitrogens is 1. The molecule has 1 saturated heterocycles. The van der Waals surface area contributed by atoms with E-state index in [1.165, 1.54) is 10.4 Å². The number of sulfonamides is 1. The van der Waals surface area contributed by atoms with Gasteiger partial charge in [0.05, 0.1) is 4.90 Å². The standard InChI is InChI=1S/C15H16N2O3S/c18-15-5-3-4-14(16-15)12-6-8-13(9-7-12)21(19,20)17-10-1-2-11-17/h3-9H,1-2,10-11H2,(H,16,18). The van der Waals surface area contributed by atoms with Crippen LogP contribution in [0.1, 0.15) is 12.8 Å². The largest absolute Gasteiger partial charge is 0.322 e. The minimum Gasteiger partial charge on any atom is -0.322 e. The Morgan fingerprint density at radius 1 is 0.952 bits per heavy atom. The number of pyridine rings is 1. The lowest BCUT2D eigenvalue weighted by Gasteiger charge is -2.15. The van der Waals surface area contributed by atoms with Gasteiger partial charge >= 0.3 is 0 Å². The van der Waals surface area contributed by atoms with Crippen LogP contribution in [0.5, 0.6) is 0 Å². The van der Waals surface area contributed by atoms with Crippen molar-refractivity contribution in [2.75, 3.05) is 13.1 Å². The highest BCUT2D eigenvalue weighted by molar-refractivity contribution is 7.89. The minimum absolute atomic E-state index is 0.179. The number of benzene rings is 1. The first-order valence-electron chi connectivity index (χ1n) is 6.87. The van der Waals surface area contributed by atoms with Gasteiger partial charge in [-0.15, -0.1) is 0 Å². The monoisotopic (exact) mass is 304 g/mol. The lowest BCUT2D eigenvalue weighted by atomic mass is 10.1. The van der Waals surface area contributed by atoms with E-state index in [4.69, 9.17) is 0 Å². The van der Waals surface area contributed by atoms with Crippen molar-refractivity contribution in [1.29, 1.82) is 0 Å². The zero-order valence-electron chi connectivity index (χ0n) is 11.5. The molecule has 21 heavy (non-hydrogen) atoms. The van der Waals surface area contributed by atoms with Crippen molar-refractivity contribution < 1.29 is 8.42 Å². The summed E-state index contributed by atoms with van der Waals surface area (Å²) in [6, 6.07) is 11.5. The molecule has 6 heteroatoms. The van der Waals surface area contributed by atoms with E-state index in [0.717, 1.165) is 18.4 Å². The van der Waals surface area contributed by atoms with Crippen molar-refractivity contribution in [2.45, 2.75) is 17.7 Å².